The number of hydrogen-bond donors (Lipinski definition) is 0. The lowest BCUT2D eigenvalue weighted by molar-refractivity contribution is 1.15. The smallest absolute Gasteiger partial charge is 0.281 e. The van der Waals surface area contributed by atoms with E-state index in [-0.39, 0.29) is 5.56 Å². The molecule has 0 saturated heterocycles. The van der Waals surface area contributed by atoms with Gasteiger partial charge in [0.1, 0.15) is 5.65 Å². The van der Waals surface area contributed by atoms with Crippen molar-refractivity contribution in [3.63, 3.8) is 0 Å². The van der Waals surface area contributed by atoms with Crippen molar-refractivity contribution in [1.29, 1.82) is 0 Å². The maximum absolute atomic E-state index is 12.2. The summed E-state index contributed by atoms with van der Waals surface area (Å²) in [4.78, 5) is 16.5. The van der Waals surface area contributed by atoms with Crippen LogP contribution in [0.25, 0.3) is 27.3 Å². The van der Waals surface area contributed by atoms with Crippen molar-refractivity contribution in [2.24, 2.45) is 0 Å². The zero-order valence-electron chi connectivity index (χ0n) is 11.0. The van der Waals surface area contributed by atoms with Crippen LogP contribution in [-0.2, 0) is 0 Å². The van der Waals surface area contributed by atoms with Crippen molar-refractivity contribution < 1.29 is 0 Å². The molecular weight excluding hydrogens is 248 g/mol. The second-order valence-electron chi connectivity index (χ2n) is 5.03. The maximum Gasteiger partial charge on any atom is 0.281 e. The maximum atomic E-state index is 12.2. The summed E-state index contributed by atoms with van der Waals surface area (Å²) in [6.07, 6.45) is 1.98. The van der Waals surface area contributed by atoms with E-state index in [1.54, 1.807) is 0 Å². The van der Waals surface area contributed by atoms with Crippen LogP contribution in [0.15, 0.2) is 59.5 Å². The van der Waals surface area contributed by atoms with E-state index in [0.717, 1.165) is 21.9 Å². The molecule has 0 fully saturated rings. The summed E-state index contributed by atoms with van der Waals surface area (Å²) in [5, 5.41) is 2.74. The van der Waals surface area contributed by atoms with Crippen LogP contribution in [0.2, 0.25) is 0 Å². The van der Waals surface area contributed by atoms with Gasteiger partial charge < -0.3 is 4.40 Å². The number of rotatable bonds is 0. The fourth-order valence-electron chi connectivity index (χ4n) is 2.69. The summed E-state index contributed by atoms with van der Waals surface area (Å²) in [5.41, 5.74) is 2.58. The van der Waals surface area contributed by atoms with Crippen LogP contribution in [0.4, 0.5) is 0 Å². The highest BCUT2D eigenvalue weighted by molar-refractivity contribution is 5.96. The molecule has 2 aromatic carbocycles. The summed E-state index contributed by atoms with van der Waals surface area (Å²) < 4.78 is 1.99. The van der Waals surface area contributed by atoms with Gasteiger partial charge in [0.2, 0.25) is 0 Å². The molecule has 0 radical (unpaired) electrons. The first-order chi connectivity index (χ1) is 9.74. The highest BCUT2D eigenvalue weighted by Gasteiger charge is 2.07. The Balaban J connectivity index is 2.35. The molecule has 96 valence electrons. The number of nitrogens with zero attached hydrogens (tertiary/aromatic N) is 2. The van der Waals surface area contributed by atoms with Gasteiger partial charge in [-0.15, -0.1) is 0 Å². The highest BCUT2D eigenvalue weighted by Crippen LogP contribution is 2.21. The van der Waals surface area contributed by atoms with Crippen LogP contribution < -0.4 is 5.56 Å². The van der Waals surface area contributed by atoms with Gasteiger partial charge in [-0.1, -0.05) is 30.3 Å². The Bertz CT molecular complexity index is 1030. The zero-order valence-corrected chi connectivity index (χ0v) is 11.0. The van der Waals surface area contributed by atoms with Crippen molar-refractivity contribution in [3.05, 3.63) is 70.6 Å². The molecule has 0 atom stereocenters. The molecule has 0 bridgehead atoms. The lowest BCUT2D eigenvalue weighted by Gasteiger charge is -2.08. The van der Waals surface area contributed by atoms with Crippen molar-refractivity contribution >= 4 is 27.3 Å². The fourth-order valence-corrected chi connectivity index (χ4v) is 2.69. The largest absolute Gasteiger partial charge is 0.300 e. The molecule has 0 aliphatic heterocycles. The minimum Gasteiger partial charge on any atom is -0.300 e. The van der Waals surface area contributed by atoms with Gasteiger partial charge in [-0.3, -0.25) is 4.79 Å². The average Bonchev–Trinajstić information content (AvgIpc) is 2.47. The van der Waals surface area contributed by atoms with E-state index in [2.05, 4.69) is 11.1 Å². The molecule has 3 heteroatoms. The van der Waals surface area contributed by atoms with Crippen molar-refractivity contribution in [2.45, 2.75) is 6.92 Å². The standard InChI is InChI=1S/C17H12N2O/c1-11-6-7-14-15(10-11)19-9-8-12-4-2-3-5-13(12)16(19)18-17(14)20/h2-10H,1H3. The van der Waals surface area contributed by atoms with Crippen LogP contribution in [0, 0.1) is 6.92 Å². The van der Waals surface area contributed by atoms with Gasteiger partial charge in [0.15, 0.2) is 0 Å². The normalized spacial score (nSPS) is 11.4. The second-order valence-corrected chi connectivity index (χ2v) is 5.03. The third-order valence-electron chi connectivity index (χ3n) is 3.68. The minimum atomic E-state index is -0.170. The quantitative estimate of drug-likeness (QED) is 0.455. The second kappa shape index (κ2) is 3.90. The number of aryl methyl sites for hydroxylation is 1. The van der Waals surface area contributed by atoms with E-state index in [9.17, 15) is 4.79 Å². The van der Waals surface area contributed by atoms with Crippen molar-refractivity contribution in [2.75, 3.05) is 0 Å². The van der Waals surface area contributed by atoms with Gasteiger partial charge in [0, 0.05) is 11.6 Å². The number of hydrogen-bond acceptors (Lipinski definition) is 2. The van der Waals surface area contributed by atoms with Gasteiger partial charge in [-0.05, 0) is 36.1 Å². The molecule has 4 aromatic rings. The van der Waals surface area contributed by atoms with Gasteiger partial charge >= 0.3 is 0 Å². The summed E-state index contributed by atoms with van der Waals surface area (Å²) >= 11 is 0. The first-order valence-corrected chi connectivity index (χ1v) is 6.54. The van der Waals surface area contributed by atoms with E-state index in [4.69, 9.17) is 0 Å². The number of benzene rings is 2. The van der Waals surface area contributed by atoms with Crippen molar-refractivity contribution in [3.8, 4) is 0 Å². The molecule has 0 saturated carbocycles. The van der Waals surface area contributed by atoms with Crippen LogP contribution in [0.1, 0.15) is 5.56 Å². The first-order valence-electron chi connectivity index (χ1n) is 6.54. The molecule has 0 spiro atoms. The summed E-state index contributed by atoms with van der Waals surface area (Å²) in [7, 11) is 0. The van der Waals surface area contributed by atoms with E-state index in [1.807, 2.05) is 60.0 Å². The highest BCUT2D eigenvalue weighted by atomic mass is 16.1. The minimum absolute atomic E-state index is 0.170. The lowest BCUT2D eigenvalue weighted by atomic mass is 10.1. The molecule has 0 N–H and O–H groups in total. The predicted molar refractivity (Wildman–Crippen MR) is 81.2 cm³/mol. The monoisotopic (exact) mass is 260 g/mol. The molecule has 20 heavy (non-hydrogen) atoms. The number of fused-ring (bicyclic) bond motifs is 5. The predicted octanol–water partition coefficient (Wildman–Crippen LogP) is 3.31. The Morgan fingerprint density at radius 1 is 1.00 bits per heavy atom. The van der Waals surface area contributed by atoms with Gasteiger partial charge in [0.25, 0.3) is 5.56 Å². The van der Waals surface area contributed by atoms with Gasteiger partial charge in [0.05, 0.1) is 10.9 Å². The molecule has 0 aliphatic carbocycles. The molecule has 0 unspecified atom stereocenters. The van der Waals surface area contributed by atoms with Gasteiger partial charge in [-0.2, -0.15) is 4.98 Å². The molecule has 3 nitrogen and oxygen atoms in total. The Kier molecular flexibility index (Phi) is 2.18. The van der Waals surface area contributed by atoms with Crippen LogP contribution in [0.3, 0.4) is 0 Å². The SMILES string of the molecule is Cc1ccc2c(=O)nc3c4ccccc4ccn3c2c1. The van der Waals surface area contributed by atoms with E-state index in [1.165, 1.54) is 0 Å². The third-order valence-corrected chi connectivity index (χ3v) is 3.68. The zero-order chi connectivity index (χ0) is 13.7. The molecule has 0 aliphatic rings. The topological polar surface area (TPSA) is 34.4 Å². The van der Waals surface area contributed by atoms with Crippen LogP contribution in [-0.4, -0.2) is 9.38 Å². The Morgan fingerprint density at radius 2 is 1.85 bits per heavy atom. The molecule has 2 heterocycles. The van der Waals surface area contributed by atoms with Crippen LogP contribution >= 0.6 is 0 Å². The lowest BCUT2D eigenvalue weighted by Crippen LogP contribution is -2.11. The number of pyridine rings is 1. The molecule has 0 amide bonds. The first kappa shape index (κ1) is 11.2. The Labute approximate surface area is 115 Å². The molecule has 4 rings (SSSR count). The van der Waals surface area contributed by atoms with E-state index >= 15 is 0 Å². The molecule has 2 aromatic heterocycles. The summed E-state index contributed by atoms with van der Waals surface area (Å²) in [5.74, 6) is 0. The van der Waals surface area contributed by atoms with E-state index in [0.29, 0.717) is 11.0 Å². The van der Waals surface area contributed by atoms with Crippen LogP contribution in [0.5, 0.6) is 0 Å². The van der Waals surface area contributed by atoms with Crippen molar-refractivity contribution in [1.82, 2.24) is 9.38 Å². The summed E-state index contributed by atoms with van der Waals surface area (Å²) in [6.45, 7) is 2.03. The number of aromatic nitrogens is 2. The van der Waals surface area contributed by atoms with Gasteiger partial charge in [-0.25, -0.2) is 0 Å². The Hall–Kier alpha value is -2.68. The average molecular weight is 260 g/mol. The Morgan fingerprint density at radius 3 is 2.75 bits per heavy atom. The molecular formula is C17H12N2O. The third kappa shape index (κ3) is 1.46. The fraction of sp³-hybridized carbons (Fsp3) is 0.0588. The summed E-state index contributed by atoms with van der Waals surface area (Å²) in [6, 6.07) is 15.9. The van der Waals surface area contributed by atoms with E-state index < -0.39 is 0 Å².